The molecule has 3 heterocycles. The number of primary amides is 1. The first-order valence-corrected chi connectivity index (χ1v) is 7.29. The Hall–Kier alpha value is -2.19. The Morgan fingerprint density at radius 1 is 1.50 bits per heavy atom. The van der Waals surface area contributed by atoms with Crippen molar-refractivity contribution >= 4 is 23.3 Å². The molecule has 0 bridgehead atoms. The van der Waals surface area contributed by atoms with Crippen molar-refractivity contribution in [1.82, 2.24) is 24.8 Å². The number of piperazine rings is 1. The fraction of sp³-hybridized carbons (Fsp3) is 0.385. The summed E-state index contributed by atoms with van der Waals surface area (Å²) in [6.07, 6.45) is 5.31. The molecule has 1 amide bonds. The zero-order valence-corrected chi connectivity index (χ0v) is 12.6. The van der Waals surface area contributed by atoms with E-state index in [4.69, 9.17) is 17.3 Å². The number of halogens is 1. The highest BCUT2D eigenvalue weighted by Crippen LogP contribution is 2.19. The van der Waals surface area contributed by atoms with Gasteiger partial charge in [0.2, 0.25) is 11.9 Å². The molecule has 1 atom stereocenters. The standard InChI is InChI=1S/C13H16ClN7O/c14-10-6-12(19-13(18-10)21-3-1-16-8-21)20-4-2-17-9(7-20)5-11(15)22/h1,3,6,8-9,17H,2,4-5,7H2,(H2,15,22). The number of anilines is 1. The average Bonchev–Trinajstić information content (AvgIpc) is 3.00. The number of amides is 1. The van der Waals surface area contributed by atoms with Crippen molar-refractivity contribution in [3.05, 3.63) is 29.9 Å². The largest absolute Gasteiger partial charge is 0.370 e. The van der Waals surface area contributed by atoms with Crippen LogP contribution in [0.3, 0.4) is 0 Å². The number of nitrogens with one attached hydrogen (secondary N) is 1. The van der Waals surface area contributed by atoms with Crippen LogP contribution >= 0.6 is 11.6 Å². The highest BCUT2D eigenvalue weighted by Gasteiger charge is 2.22. The molecule has 2 aromatic rings. The van der Waals surface area contributed by atoms with Gasteiger partial charge in [0.25, 0.3) is 0 Å². The number of nitrogens with two attached hydrogens (primary N) is 1. The first-order chi connectivity index (χ1) is 10.6. The number of aromatic nitrogens is 4. The number of rotatable bonds is 4. The van der Waals surface area contributed by atoms with E-state index >= 15 is 0 Å². The van der Waals surface area contributed by atoms with Gasteiger partial charge in [-0.1, -0.05) is 11.6 Å². The number of carbonyl (C=O) groups is 1. The number of hydrogen-bond acceptors (Lipinski definition) is 6. The topological polar surface area (TPSA) is 102 Å². The lowest BCUT2D eigenvalue weighted by molar-refractivity contribution is -0.118. The third-order valence-corrected chi connectivity index (χ3v) is 3.63. The Morgan fingerprint density at radius 2 is 2.36 bits per heavy atom. The van der Waals surface area contributed by atoms with Crippen LogP contribution in [-0.2, 0) is 4.79 Å². The molecule has 22 heavy (non-hydrogen) atoms. The maximum atomic E-state index is 11.1. The molecule has 1 aliphatic rings. The maximum absolute atomic E-state index is 11.1. The summed E-state index contributed by atoms with van der Waals surface area (Å²) in [5.41, 5.74) is 5.27. The second-order valence-corrected chi connectivity index (χ2v) is 5.47. The van der Waals surface area contributed by atoms with Crippen LogP contribution in [0, 0.1) is 0 Å². The molecule has 9 heteroatoms. The van der Waals surface area contributed by atoms with E-state index in [0.717, 1.165) is 18.9 Å². The number of nitrogens with zero attached hydrogens (tertiary/aromatic N) is 5. The fourth-order valence-electron chi connectivity index (χ4n) is 2.46. The molecule has 1 aliphatic heterocycles. The normalized spacial score (nSPS) is 18.4. The van der Waals surface area contributed by atoms with Gasteiger partial charge in [-0.15, -0.1) is 0 Å². The highest BCUT2D eigenvalue weighted by molar-refractivity contribution is 6.29. The molecule has 1 fully saturated rings. The monoisotopic (exact) mass is 321 g/mol. The lowest BCUT2D eigenvalue weighted by Gasteiger charge is -2.34. The molecule has 3 N–H and O–H groups in total. The second kappa shape index (κ2) is 6.29. The third-order valence-electron chi connectivity index (χ3n) is 3.43. The predicted octanol–water partition coefficient (Wildman–Crippen LogP) is -0.0307. The Kier molecular flexibility index (Phi) is 4.21. The summed E-state index contributed by atoms with van der Waals surface area (Å²) in [5, 5.41) is 3.63. The average molecular weight is 322 g/mol. The van der Waals surface area contributed by atoms with Crippen LogP contribution in [0.2, 0.25) is 5.15 Å². The van der Waals surface area contributed by atoms with Crippen molar-refractivity contribution < 1.29 is 4.79 Å². The molecule has 2 aromatic heterocycles. The van der Waals surface area contributed by atoms with Crippen molar-refractivity contribution in [3.8, 4) is 5.95 Å². The zero-order chi connectivity index (χ0) is 15.5. The minimum atomic E-state index is -0.320. The summed E-state index contributed by atoms with van der Waals surface area (Å²) < 4.78 is 1.69. The maximum Gasteiger partial charge on any atom is 0.238 e. The van der Waals surface area contributed by atoms with Crippen LogP contribution in [-0.4, -0.2) is 51.1 Å². The van der Waals surface area contributed by atoms with Crippen molar-refractivity contribution in [2.24, 2.45) is 5.73 Å². The number of imidazole rings is 1. The van der Waals surface area contributed by atoms with E-state index < -0.39 is 0 Å². The van der Waals surface area contributed by atoms with Gasteiger partial charge in [0.1, 0.15) is 17.3 Å². The Labute approximate surface area is 132 Å². The first kappa shape index (κ1) is 14.7. The van der Waals surface area contributed by atoms with Crippen LogP contribution in [0.15, 0.2) is 24.8 Å². The van der Waals surface area contributed by atoms with Gasteiger partial charge in [-0.3, -0.25) is 9.36 Å². The molecule has 3 rings (SSSR count). The van der Waals surface area contributed by atoms with E-state index in [2.05, 4.69) is 25.2 Å². The third kappa shape index (κ3) is 3.34. The van der Waals surface area contributed by atoms with Gasteiger partial charge in [0.05, 0.1) is 0 Å². The molecule has 116 valence electrons. The van der Waals surface area contributed by atoms with E-state index in [-0.39, 0.29) is 11.9 Å². The predicted molar refractivity (Wildman–Crippen MR) is 82.0 cm³/mol. The van der Waals surface area contributed by atoms with Gasteiger partial charge >= 0.3 is 0 Å². The zero-order valence-electron chi connectivity index (χ0n) is 11.8. The van der Waals surface area contributed by atoms with E-state index in [1.54, 1.807) is 29.4 Å². The SMILES string of the molecule is NC(=O)CC1CN(c2cc(Cl)nc(-n3ccnc3)n2)CCN1. The fourth-order valence-corrected chi connectivity index (χ4v) is 2.64. The molecule has 0 saturated carbocycles. The van der Waals surface area contributed by atoms with Crippen molar-refractivity contribution in [3.63, 3.8) is 0 Å². The van der Waals surface area contributed by atoms with Crippen LogP contribution in [0.5, 0.6) is 0 Å². The van der Waals surface area contributed by atoms with Crippen LogP contribution in [0.4, 0.5) is 5.82 Å². The van der Waals surface area contributed by atoms with Gasteiger partial charge < -0.3 is 16.0 Å². The van der Waals surface area contributed by atoms with Crippen LogP contribution in [0.25, 0.3) is 5.95 Å². The number of carbonyl (C=O) groups excluding carboxylic acids is 1. The summed E-state index contributed by atoms with van der Waals surface area (Å²) in [5.74, 6) is 0.865. The van der Waals surface area contributed by atoms with E-state index in [0.29, 0.717) is 24.1 Å². The van der Waals surface area contributed by atoms with Gasteiger partial charge in [-0.25, -0.2) is 9.97 Å². The lowest BCUT2D eigenvalue weighted by atomic mass is 10.1. The molecule has 1 saturated heterocycles. The minimum Gasteiger partial charge on any atom is -0.370 e. The van der Waals surface area contributed by atoms with Gasteiger partial charge in [-0.05, 0) is 0 Å². The van der Waals surface area contributed by atoms with Crippen molar-refractivity contribution in [2.75, 3.05) is 24.5 Å². The summed E-state index contributed by atoms with van der Waals surface area (Å²) in [4.78, 5) is 25.9. The van der Waals surface area contributed by atoms with Gasteiger partial charge in [0.15, 0.2) is 0 Å². The molecule has 0 aliphatic carbocycles. The first-order valence-electron chi connectivity index (χ1n) is 6.91. The summed E-state index contributed by atoms with van der Waals surface area (Å²) in [6, 6.07) is 1.73. The van der Waals surface area contributed by atoms with E-state index in [1.165, 1.54) is 0 Å². The Balaban J connectivity index is 1.83. The van der Waals surface area contributed by atoms with Crippen molar-refractivity contribution in [1.29, 1.82) is 0 Å². The molecule has 1 unspecified atom stereocenters. The summed E-state index contributed by atoms with van der Waals surface area (Å²) in [7, 11) is 0. The molecular formula is C13H16ClN7O. The lowest BCUT2D eigenvalue weighted by Crippen LogP contribution is -2.52. The van der Waals surface area contributed by atoms with E-state index in [9.17, 15) is 4.79 Å². The van der Waals surface area contributed by atoms with Gasteiger partial charge in [0, 0.05) is 50.6 Å². The molecular weight excluding hydrogens is 306 g/mol. The van der Waals surface area contributed by atoms with Crippen LogP contribution in [0.1, 0.15) is 6.42 Å². The molecule has 0 aromatic carbocycles. The molecule has 0 spiro atoms. The summed E-state index contributed by atoms with van der Waals surface area (Å²) >= 11 is 6.11. The molecule has 0 radical (unpaired) electrons. The van der Waals surface area contributed by atoms with Crippen LogP contribution < -0.4 is 16.0 Å². The quantitative estimate of drug-likeness (QED) is 0.767. The second-order valence-electron chi connectivity index (χ2n) is 5.09. The smallest absolute Gasteiger partial charge is 0.238 e. The molecule has 8 nitrogen and oxygen atoms in total. The van der Waals surface area contributed by atoms with E-state index in [1.807, 2.05) is 0 Å². The van der Waals surface area contributed by atoms with Gasteiger partial charge in [-0.2, -0.15) is 4.98 Å². The van der Waals surface area contributed by atoms with Crippen molar-refractivity contribution in [2.45, 2.75) is 12.5 Å². The Bertz CT molecular complexity index is 660. The highest BCUT2D eigenvalue weighted by atomic mass is 35.5. The minimum absolute atomic E-state index is 0.0108. The number of hydrogen-bond donors (Lipinski definition) is 2. The Morgan fingerprint density at radius 3 is 3.09 bits per heavy atom. The summed E-state index contributed by atoms with van der Waals surface area (Å²) in [6.45, 7) is 2.16.